The van der Waals surface area contributed by atoms with Gasteiger partial charge in [0, 0.05) is 11.6 Å². The molecule has 108 valence electrons. The quantitative estimate of drug-likeness (QED) is 0.838. The molecule has 4 nitrogen and oxygen atoms in total. The smallest absolute Gasteiger partial charge is 0.257 e. The van der Waals surface area contributed by atoms with E-state index in [1.165, 1.54) is 12.8 Å². The number of ether oxygens (including phenoxy) is 1. The first kappa shape index (κ1) is 14.8. The Morgan fingerprint density at radius 3 is 2.85 bits per heavy atom. The van der Waals surface area contributed by atoms with Crippen molar-refractivity contribution in [3.63, 3.8) is 0 Å². The maximum Gasteiger partial charge on any atom is 0.257 e. The van der Waals surface area contributed by atoms with Gasteiger partial charge in [-0.15, -0.1) is 0 Å². The Labute approximate surface area is 124 Å². The van der Waals surface area contributed by atoms with E-state index in [-0.39, 0.29) is 5.91 Å². The number of hydrogen-bond acceptors (Lipinski definition) is 3. The van der Waals surface area contributed by atoms with Crippen LogP contribution in [0.15, 0.2) is 24.3 Å². The predicted molar refractivity (Wildman–Crippen MR) is 83.1 cm³/mol. The molecule has 0 saturated heterocycles. The lowest BCUT2D eigenvalue weighted by Crippen LogP contribution is -2.43. The molecule has 1 saturated carbocycles. The molecular formula is C15H20N2O2S. The molecule has 0 radical (unpaired) electrons. The van der Waals surface area contributed by atoms with Gasteiger partial charge in [-0.05, 0) is 50.2 Å². The van der Waals surface area contributed by atoms with Crippen molar-refractivity contribution in [2.75, 3.05) is 6.61 Å². The highest BCUT2D eigenvalue weighted by Crippen LogP contribution is 2.17. The Morgan fingerprint density at radius 2 is 2.15 bits per heavy atom. The molecule has 1 aromatic carbocycles. The Balaban J connectivity index is 1.90. The summed E-state index contributed by atoms with van der Waals surface area (Å²) in [5, 5.41) is 6.31. The number of benzene rings is 1. The van der Waals surface area contributed by atoms with Crippen LogP contribution in [0.25, 0.3) is 0 Å². The van der Waals surface area contributed by atoms with Crippen LogP contribution >= 0.6 is 12.2 Å². The molecule has 5 heteroatoms. The molecule has 0 spiro atoms. The average molecular weight is 292 g/mol. The van der Waals surface area contributed by atoms with Crippen molar-refractivity contribution in [2.45, 2.75) is 38.6 Å². The Morgan fingerprint density at radius 1 is 1.40 bits per heavy atom. The molecule has 0 unspecified atom stereocenters. The van der Waals surface area contributed by atoms with E-state index in [1.807, 2.05) is 13.0 Å². The second-order valence-electron chi connectivity index (χ2n) is 4.87. The van der Waals surface area contributed by atoms with Gasteiger partial charge >= 0.3 is 0 Å². The van der Waals surface area contributed by atoms with Gasteiger partial charge in [-0.3, -0.25) is 10.1 Å². The van der Waals surface area contributed by atoms with Crippen molar-refractivity contribution in [1.29, 1.82) is 0 Å². The summed E-state index contributed by atoms with van der Waals surface area (Å²) in [4.78, 5) is 12.1. The molecule has 2 N–H and O–H groups in total. The fourth-order valence-corrected chi connectivity index (χ4v) is 2.62. The summed E-state index contributed by atoms with van der Waals surface area (Å²) in [7, 11) is 0. The van der Waals surface area contributed by atoms with Gasteiger partial charge in [0.15, 0.2) is 5.11 Å². The van der Waals surface area contributed by atoms with E-state index in [0.29, 0.717) is 29.1 Å². The third-order valence-electron chi connectivity index (χ3n) is 3.32. The lowest BCUT2D eigenvalue weighted by molar-refractivity contribution is 0.0976. The van der Waals surface area contributed by atoms with Crippen LogP contribution in [0.1, 0.15) is 43.0 Å². The number of rotatable bonds is 4. The van der Waals surface area contributed by atoms with Crippen LogP contribution in [0, 0.1) is 0 Å². The molecule has 1 aromatic rings. The zero-order chi connectivity index (χ0) is 14.4. The van der Waals surface area contributed by atoms with Crippen LogP contribution in [0.2, 0.25) is 0 Å². The zero-order valence-corrected chi connectivity index (χ0v) is 12.5. The topological polar surface area (TPSA) is 50.4 Å². The Bertz CT molecular complexity index is 485. The fourth-order valence-electron chi connectivity index (χ4n) is 2.36. The van der Waals surface area contributed by atoms with Crippen LogP contribution in [-0.4, -0.2) is 23.7 Å². The first-order chi connectivity index (χ1) is 9.69. The zero-order valence-electron chi connectivity index (χ0n) is 11.6. The normalized spacial score (nSPS) is 14.8. The highest BCUT2D eigenvalue weighted by Gasteiger charge is 2.16. The van der Waals surface area contributed by atoms with Gasteiger partial charge in [-0.2, -0.15) is 0 Å². The monoisotopic (exact) mass is 292 g/mol. The van der Waals surface area contributed by atoms with Crippen LogP contribution < -0.4 is 15.4 Å². The van der Waals surface area contributed by atoms with Gasteiger partial charge in [0.25, 0.3) is 5.91 Å². The minimum Gasteiger partial charge on any atom is -0.494 e. The van der Waals surface area contributed by atoms with Gasteiger partial charge < -0.3 is 10.1 Å². The van der Waals surface area contributed by atoms with Crippen molar-refractivity contribution in [3.8, 4) is 5.75 Å². The average Bonchev–Trinajstić information content (AvgIpc) is 2.92. The molecule has 20 heavy (non-hydrogen) atoms. The summed E-state index contributed by atoms with van der Waals surface area (Å²) in [6.45, 7) is 2.49. The molecule has 2 rings (SSSR count). The first-order valence-electron chi connectivity index (χ1n) is 7.03. The summed E-state index contributed by atoms with van der Waals surface area (Å²) in [6, 6.07) is 7.49. The molecular weight excluding hydrogens is 272 g/mol. The number of carbonyl (C=O) groups is 1. The number of amides is 1. The molecule has 0 heterocycles. The molecule has 0 atom stereocenters. The van der Waals surface area contributed by atoms with E-state index >= 15 is 0 Å². The third kappa shape index (κ3) is 4.20. The number of thiocarbonyl (C=S) groups is 1. The van der Waals surface area contributed by atoms with E-state index in [9.17, 15) is 4.79 Å². The van der Waals surface area contributed by atoms with E-state index in [2.05, 4.69) is 10.6 Å². The second-order valence-corrected chi connectivity index (χ2v) is 5.28. The predicted octanol–water partition coefficient (Wildman–Crippen LogP) is 2.63. The summed E-state index contributed by atoms with van der Waals surface area (Å²) < 4.78 is 5.38. The van der Waals surface area contributed by atoms with E-state index < -0.39 is 0 Å². The molecule has 1 aliphatic rings. The van der Waals surface area contributed by atoms with Gasteiger partial charge in [0.2, 0.25) is 0 Å². The molecule has 1 aliphatic carbocycles. The standard InChI is InChI=1S/C15H20N2O2S/c1-2-19-13-9-5-6-11(10-13)14(18)17-15(20)16-12-7-3-4-8-12/h5-6,9-10,12H,2-4,7-8H2,1H3,(H2,16,17,18,20). The van der Waals surface area contributed by atoms with E-state index in [0.717, 1.165) is 12.8 Å². The van der Waals surface area contributed by atoms with E-state index in [1.54, 1.807) is 18.2 Å². The second kappa shape index (κ2) is 7.24. The highest BCUT2D eigenvalue weighted by atomic mass is 32.1. The van der Waals surface area contributed by atoms with Crippen molar-refractivity contribution in [2.24, 2.45) is 0 Å². The van der Waals surface area contributed by atoms with Crippen LogP contribution in [0.4, 0.5) is 0 Å². The lowest BCUT2D eigenvalue weighted by atomic mass is 10.2. The maximum absolute atomic E-state index is 12.1. The van der Waals surface area contributed by atoms with Gasteiger partial charge in [0.05, 0.1) is 6.61 Å². The van der Waals surface area contributed by atoms with E-state index in [4.69, 9.17) is 17.0 Å². The number of hydrogen-bond donors (Lipinski definition) is 2. The van der Waals surface area contributed by atoms with Crippen LogP contribution in [0.5, 0.6) is 5.75 Å². The van der Waals surface area contributed by atoms with Crippen molar-refractivity contribution in [3.05, 3.63) is 29.8 Å². The highest BCUT2D eigenvalue weighted by molar-refractivity contribution is 7.80. The molecule has 0 bridgehead atoms. The molecule has 0 aromatic heterocycles. The SMILES string of the molecule is CCOc1cccc(C(=O)NC(=S)NC2CCCC2)c1. The lowest BCUT2D eigenvalue weighted by Gasteiger charge is -2.15. The van der Waals surface area contributed by atoms with Crippen molar-refractivity contribution in [1.82, 2.24) is 10.6 Å². The van der Waals surface area contributed by atoms with Gasteiger partial charge in [0.1, 0.15) is 5.75 Å². The summed E-state index contributed by atoms with van der Waals surface area (Å²) >= 11 is 5.18. The molecule has 1 amide bonds. The largest absolute Gasteiger partial charge is 0.494 e. The first-order valence-corrected chi connectivity index (χ1v) is 7.44. The molecule has 1 fully saturated rings. The minimum absolute atomic E-state index is 0.206. The van der Waals surface area contributed by atoms with Crippen molar-refractivity contribution >= 4 is 23.2 Å². The number of nitrogens with one attached hydrogen (secondary N) is 2. The van der Waals surface area contributed by atoms with Crippen molar-refractivity contribution < 1.29 is 9.53 Å². The number of carbonyl (C=O) groups excluding carboxylic acids is 1. The summed E-state index contributed by atoms with van der Waals surface area (Å²) in [6.07, 6.45) is 4.70. The van der Waals surface area contributed by atoms with Gasteiger partial charge in [-0.1, -0.05) is 18.9 Å². The Hall–Kier alpha value is -1.62. The maximum atomic E-state index is 12.1. The minimum atomic E-state index is -0.206. The summed E-state index contributed by atoms with van der Waals surface area (Å²) in [5.74, 6) is 0.483. The van der Waals surface area contributed by atoms with Crippen LogP contribution in [-0.2, 0) is 0 Å². The Kier molecular flexibility index (Phi) is 5.35. The fraction of sp³-hybridized carbons (Fsp3) is 0.467. The van der Waals surface area contributed by atoms with Crippen LogP contribution in [0.3, 0.4) is 0 Å². The van der Waals surface area contributed by atoms with Gasteiger partial charge in [-0.25, -0.2) is 0 Å². The molecule has 0 aliphatic heterocycles. The third-order valence-corrected chi connectivity index (χ3v) is 3.54. The summed E-state index contributed by atoms with van der Waals surface area (Å²) in [5.41, 5.74) is 0.548.